The highest BCUT2D eigenvalue weighted by Crippen LogP contribution is 2.37. The summed E-state index contributed by atoms with van der Waals surface area (Å²) in [5, 5.41) is 4.47. The van der Waals surface area contributed by atoms with Crippen LogP contribution in [0.25, 0.3) is 0 Å². The van der Waals surface area contributed by atoms with Gasteiger partial charge < -0.3 is 24.0 Å². The minimum atomic E-state index is -0.339. The fourth-order valence-corrected chi connectivity index (χ4v) is 4.56. The number of likely N-dealkylation sites (tertiary alicyclic amines) is 1. The average molecular weight is 475 g/mol. The lowest BCUT2D eigenvalue weighted by molar-refractivity contribution is -0.136. The molecule has 2 aliphatic rings. The number of likely N-dealkylation sites (N-methyl/N-ethyl adjacent to an activating group) is 1. The average Bonchev–Trinajstić information content (AvgIpc) is 3.25. The van der Waals surface area contributed by atoms with Crippen LogP contribution in [0.4, 0.5) is 0 Å². The Morgan fingerprint density at radius 2 is 1.73 bits per heavy atom. The van der Waals surface area contributed by atoms with E-state index in [4.69, 9.17) is 20.9 Å². The first-order chi connectivity index (χ1) is 15.8. The summed E-state index contributed by atoms with van der Waals surface area (Å²) in [5.74, 6) is 0.981. The number of benzene rings is 1. The van der Waals surface area contributed by atoms with Gasteiger partial charge >= 0.3 is 0 Å². The van der Waals surface area contributed by atoms with E-state index < -0.39 is 0 Å². The van der Waals surface area contributed by atoms with Crippen LogP contribution < -0.4 is 4.74 Å². The highest BCUT2D eigenvalue weighted by atomic mass is 35.5. The van der Waals surface area contributed by atoms with E-state index >= 15 is 0 Å². The number of aryl methyl sites for hydroxylation is 1. The molecule has 1 aromatic carbocycles. The summed E-state index contributed by atoms with van der Waals surface area (Å²) in [5.41, 5.74) is 0.340. The molecule has 4 rings (SSSR count). The van der Waals surface area contributed by atoms with Crippen LogP contribution in [0.3, 0.4) is 0 Å². The molecule has 0 unspecified atom stereocenters. The number of rotatable bonds is 6. The van der Waals surface area contributed by atoms with Crippen molar-refractivity contribution in [3.05, 3.63) is 46.8 Å². The predicted octanol–water partition coefficient (Wildman–Crippen LogP) is 3.10. The smallest absolute Gasteiger partial charge is 0.292 e. The molecule has 2 aromatic rings. The van der Waals surface area contributed by atoms with Crippen LogP contribution in [0, 0.1) is 12.3 Å². The number of amides is 2. The number of carbonyl (C=O) groups excluding carboxylic acids is 2. The van der Waals surface area contributed by atoms with E-state index in [1.54, 1.807) is 30.0 Å². The Balaban J connectivity index is 1.43. The van der Waals surface area contributed by atoms with Crippen LogP contribution in [-0.4, -0.2) is 84.6 Å². The monoisotopic (exact) mass is 474 g/mol. The van der Waals surface area contributed by atoms with E-state index in [2.05, 4.69) is 17.1 Å². The van der Waals surface area contributed by atoms with Gasteiger partial charge in [-0.3, -0.25) is 9.59 Å². The summed E-state index contributed by atoms with van der Waals surface area (Å²) >= 11 is 5.99. The number of carbonyl (C=O) groups is 2. The van der Waals surface area contributed by atoms with Crippen LogP contribution in [0.15, 0.2) is 34.9 Å². The first kappa shape index (κ1) is 23.6. The van der Waals surface area contributed by atoms with Gasteiger partial charge in [0.25, 0.3) is 5.91 Å². The Bertz CT molecular complexity index is 961. The fourth-order valence-electron chi connectivity index (χ4n) is 4.43. The highest BCUT2D eigenvalue weighted by molar-refractivity contribution is 6.30. The zero-order chi connectivity index (χ0) is 23.4. The van der Waals surface area contributed by atoms with Crippen LogP contribution >= 0.6 is 11.6 Å². The molecule has 0 spiro atoms. The van der Waals surface area contributed by atoms with Crippen molar-refractivity contribution in [3.8, 4) is 5.75 Å². The quantitative estimate of drug-likeness (QED) is 0.640. The van der Waals surface area contributed by atoms with Gasteiger partial charge in [0.05, 0.1) is 12.3 Å². The molecule has 2 aliphatic heterocycles. The van der Waals surface area contributed by atoms with Gasteiger partial charge in [-0.25, -0.2) is 0 Å². The first-order valence-electron chi connectivity index (χ1n) is 11.4. The van der Waals surface area contributed by atoms with E-state index in [1.807, 2.05) is 17.0 Å². The van der Waals surface area contributed by atoms with Crippen LogP contribution in [0.5, 0.6) is 5.75 Å². The van der Waals surface area contributed by atoms with Crippen LogP contribution in [0.2, 0.25) is 5.02 Å². The van der Waals surface area contributed by atoms with E-state index in [0.717, 1.165) is 31.9 Å². The third-order valence-electron chi connectivity index (χ3n) is 6.69. The van der Waals surface area contributed by atoms with Gasteiger partial charge in [-0.15, -0.1) is 0 Å². The van der Waals surface area contributed by atoms with Crippen molar-refractivity contribution in [2.24, 2.45) is 5.41 Å². The largest absolute Gasteiger partial charge is 0.493 e. The second-order valence-electron chi connectivity index (χ2n) is 9.23. The minimum Gasteiger partial charge on any atom is -0.493 e. The molecule has 0 saturated carbocycles. The third kappa shape index (κ3) is 5.86. The van der Waals surface area contributed by atoms with Gasteiger partial charge in [0.2, 0.25) is 11.7 Å². The lowest BCUT2D eigenvalue weighted by Crippen LogP contribution is -2.51. The van der Waals surface area contributed by atoms with Crippen molar-refractivity contribution < 1.29 is 18.8 Å². The SMILES string of the molecule is Cc1cc(C(=O)N2CCC(COc3ccc(Cl)cc3)(CC(=O)N3CCN(C)CC3)CC2)on1. The van der Waals surface area contributed by atoms with Crippen molar-refractivity contribution >= 4 is 23.4 Å². The number of hydrogen-bond acceptors (Lipinski definition) is 6. The van der Waals surface area contributed by atoms with Gasteiger partial charge in [-0.2, -0.15) is 0 Å². The molecule has 0 aliphatic carbocycles. The molecule has 9 heteroatoms. The van der Waals surface area contributed by atoms with Gasteiger partial charge in [0.15, 0.2) is 0 Å². The lowest BCUT2D eigenvalue weighted by atomic mass is 9.75. The molecule has 3 heterocycles. The Labute approximate surface area is 199 Å². The van der Waals surface area contributed by atoms with Crippen molar-refractivity contribution in [2.75, 3.05) is 52.9 Å². The van der Waals surface area contributed by atoms with Crippen molar-refractivity contribution in [3.63, 3.8) is 0 Å². The molecule has 2 fully saturated rings. The molecular formula is C24H31ClN4O4. The highest BCUT2D eigenvalue weighted by Gasteiger charge is 2.40. The zero-order valence-corrected chi connectivity index (χ0v) is 20.0. The molecule has 0 bridgehead atoms. The van der Waals surface area contributed by atoms with E-state index in [0.29, 0.717) is 49.7 Å². The molecule has 2 saturated heterocycles. The molecule has 2 amide bonds. The van der Waals surface area contributed by atoms with Gasteiger partial charge in [0.1, 0.15) is 5.75 Å². The maximum atomic E-state index is 13.2. The number of piperazine rings is 1. The maximum absolute atomic E-state index is 13.2. The van der Waals surface area contributed by atoms with E-state index in [-0.39, 0.29) is 23.0 Å². The summed E-state index contributed by atoms with van der Waals surface area (Å²) in [6.45, 7) is 6.56. The number of aromatic nitrogens is 1. The summed E-state index contributed by atoms with van der Waals surface area (Å²) in [6, 6.07) is 8.91. The van der Waals surface area contributed by atoms with Crippen LogP contribution in [-0.2, 0) is 4.79 Å². The van der Waals surface area contributed by atoms with Crippen molar-refractivity contribution in [2.45, 2.75) is 26.2 Å². The summed E-state index contributed by atoms with van der Waals surface area (Å²) < 4.78 is 11.3. The van der Waals surface area contributed by atoms with Gasteiger partial charge in [-0.1, -0.05) is 16.8 Å². The third-order valence-corrected chi connectivity index (χ3v) is 6.94. The maximum Gasteiger partial charge on any atom is 0.292 e. The summed E-state index contributed by atoms with van der Waals surface area (Å²) in [7, 11) is 2.08. The molecule has 0 atom stereocenters. The number of halogens is 1. The molecule has 1 aromatic heterocycles. The lowest BCUT2D eigenvalue weighted by Gasteiger charge is -2.42. The number of piperidine rings is 1. The zero-order valence-electron chi connectivity index (χ0n) is 19.3. The van der Waals surface area contributed by atoms with Crippen molar-refractivity contribution in [1.29, 1.82) is 0 Å². The van der Waals surface area contributed by atoms with E-state index in [9.17, 15) is 9.59 Å². The number of ether oxygens (including phenoxy) is 1. The fraction of sp³-hybridized carbons (Fsp3) is 0.542. The Kier molecular flexibility index (Phi) is 7.24. The Hall–Kier alpha value is -2.58. The Morgan fingerprint density at radius 1 is 1.06 bits per heavy atom. The number of hydrogen-bond donors (Lipinski definition) is 0. The molecule has 178 valence electrons. The Morgan fingerprint density at radius 3 is 2.33 bits per heavy atom. The van der Waals surface area contributed by atoms with Crippen LogP contribution in [0.1, 0.15) is 35.5 Å². The molecular weight excluding hydrogens is 444 g/mol. The molecule has 0 radical (unpaired) electrons. The molecule has 33 heavy (non-hydrogen) atoms. The first-order valence-corrected chi connectivity index (χ1v) is 11.8. The van der Waals surface area contributed by atoms with Crippen molar-refractivity contribution in [1.82, 2.24) is 19.9 Å². The second kappa shape index (κ2) is 10.1. The van der Waals surface area contributed by atoms with Gasteiger partial charge in [-0.05, 0) is 51.1 Å². The normalized spacial score (nSPS) is 18.9. The van der Waals surface area contributed by atoms with E-state index in [1.165, 1.54) is 0 Å². The minimum absolute atomic E-state index is 0.159. The summed E-state index contributed by atoms with van der Waals surface area (Å²) in [6.07, 6.45) is 1.77. The molecule has 0 N–H and O–H groups in total. The molecule has 8 nitrogen and oxygen atoms in total. The topological polar surface area (TPSA) is 79.1 Å². The second-order valence-corrected chi connectivity index (χ2v) is 9.66. The predicted molar refractivity (Wildman–Crippen MR) is 124 cm³/mol. The van der Waals surface area contributed by atoms with Gasteiger partial charge in [0, 0.05) is 62.2 Å². The summed E-state index contributed by atoms with van der Waals surface area (Å²) in [4.78, 5) is 32.0. The number of nitrogens with zero attached hydrogens (tertiary/aromatic N) is 4. The standard InChI is InChI=1S/C24H31ClN4O4/c1-18-15-21(33-26-18)23(31)29-9-7-24(8-10-29,17-32-20-5-3-19(25)4-6-20)16-22(30)28-13-11-27(2)12-14-28/h3-6,15H,7-14,16-17H2,1-2H3.